The number of carbonyl (C=O) groups is 3. The molecule has 15 heavy (non-hydrogen) atoms. The molecule has 0 amide bonds. The average Bonchev–Trinajstić information content (AvgIpc) is 2.14. The third kappa shape index (κ3) is 15.0. The van der Waals surface area contributed by atoms with Gasteiger partial charge in [0.25, 0.3) is 0 Å². The van der Waals surface area contributed by atoms with Crippen LogP contribution < -0.4 is 0 Å². The van der Waals surface area contributed by atoms with Crippen LogP contribution in [0.1, 0.15) is 26.7 Å². The Balaban J connectivity index is 0. The zero-order valence-electron chi connectivity index (χ0n) is 8.56. The van der Waals surface area contributed by atoms with Gasteiger partial charge in [-0.2, -0.15) is 0 Å². The molecule has 0 aliphatic rings. The summed E-state index contributed by atoms with van der Waals surface area (Å²) in [5.74, 6) is -3.00. The molecule has 0 saturated heterocycles. The van der Waals surface area contributed by atoms with Crippen molar-refractivity contribution in [2.45, 2.75) is 26.7 Å². The molecule has 0 fully saturated rings. The van der Waals surface area contributed by atoms with E-state index < -0.39 is 17.9 Å². The van der Waals surface area contributed by atoms with Crippen molar-refractivity contribution < 1.29 is 29.7 Å². The van der Waals surface area contributed by atoms with E-state index in [4.69, 9.17) is 15.3 Å². The number of aliphatic carboxylic acids is 3. The second-order valence-electron chi connectivity index (χ2n) is 2.56. The largest absolute Gasteiger partial charge is 0.481 e. The second kappa shape index (κ2) is 8.74. The van der Waals surface area contributed by atoms with Crippen molar-refractivity contribution in [1.29, 1.82) is 0 Å². The summed E-state index contributed by atoms with van der Waals surface area (Å²) in [6.45, 7) is 3.26. The quantitative estimate of drug-likeness (QED) is 0.606. The van der Waals surface area contributed by atoms with E-state index in [1.54, 1.807) is 19.9 Å². The van der Waals surface area contributed by atoms with Gasteiger partial charge in [-0.1, -0.05) is 6.08 Å². The Labute approximate surface area is 86.8 Å². The van der Waals surface area contributed by atoms with Crippen LogP contribution in [0.5, 0.6) is 0 Å². The molecule has 6 nitrogen and oxygen atoms in total. The van der Waals surface area contributed by atoms with Crippen LogP contribution >= 0.6 is 0 Å². The third-order valence-electron chi connectivity index (χ3n) is 1.32. The lowest BCUT2D eigenvalue weighted by Gasteiger charge is -1.85. The van der Waals surface area contributed by atoms with E-state index in [1.165, 1.54) is 0 Å². The fourth-order valence-electron chi connectivity index (χ4n) is 0.337. The predicted octanol–water partition coefficient (Wildman–Crippen LogP) is 0.973. The minimum absolute atomic E-state index is 0.296. The molecule has 0 spiro atoms. The lowest BCUT2D eigenvalue weighted by Crippen LogP contribution is -2.00. The van der Waals surface area contributed by atoms with E-state index >= 15 is 0 Å². The topological polar surface area (TPSA) is 112 Å². The van der Waals surface area contributed by atoms with Gasteiger partial charge in [-0.25, -0.2) is 4.79 Å². The van der Waals surface area contributed by atoms with Gasteiger partial charge in [-0.05, 0) is 13.8 Å². The van der Waals surface area contributed by atoms with Crippen LogP contribution in [0.3, 0.4) is 0 Å². The Kier molecular flexibility index (Phi) is 9.09. The van der Waals surface area contributed by atoms with E-state index in [0.29, 0.717) is 5.57 Å². The standard InChI is InChI=1S/C5H8O2.C4H6O4/c1-3-4(2)5(6)7;5-3(6)1-2-4(7)8/h3H,1-2H3,(H,6,7);1-2H2,(H,5,6)(H,7,8)/b4-3+;. The van der Waals surface area contributed by atoms with Crippen molar-refractivity contribution in [2.24, 2.45) is 0 Å². The highest BCUT2D eigenvalue weighted by molar-refractivity contribution is 5.85. The molecule has 0 bridgehead atoms. The van der Waals surface area contributed by atoms with Crippen LogP contribution in [0, 0.1) is 0 Å². The fraction of sp³-hybridized carbons (Fsp3) is 0.444. The first-order valence-corrected chi connectivity index (χ1v) is 4.11. The first-order chi connectivity index (χ1) is 6.81. The number of carboxylic acids is 3. The van der Waals surface area contributed by atoms with Crippen molar-refractivity contribution in [3.63, 3.8) is 0 Å². The van der Waals surface area contributed by atoms with E-state index in [0.717, 1.165) is 0 Å². The summed E-state index contributed by atoms with van der Waals surface area (Å²) >= 11 is 0. The molecular weight excluding hydrogens is 204 g/mol. The van der Waals surface area contributed by atoms with Gasteiger partial charge in [0.2, 0.25) is 0 Å². The van der Waals surface area contributed by atoms with Crippen molar-refractivity contribution in [3.05, 3.63) is 11.6 Å². The molecule has 0 radical (unpaired) electrons. The Hall–Kier alpha value is -1.85. The zero-order valence-corrected chi connectivity index (χ0v) is 8.56. The number of rotatable bonds is 4. The maximum absolute atomic E-state index is 9.86. The van der Waals surface area contributed by atoms with Gasteiger partial charge in [0, 0.05) is 5.57 Å². The van der Waals surface area contributed by atoms with Gasteiger partial charge >= 0.3 is 17.9 Å². The normalized spacial score (nSPS) is 9.87. The highest BCUT2D eigenvalue weighted by atomic mass is 16.4. The maximum Gasteiger partial charge on any atom is 0.330 e. The van der Waals surface area contributed by atoms with Crippen molar-refractivity contribution in [1.82, 2.24) is 0 Å². The minimum atomic E-state index is -1.08. The van der Waals surface area contributed by atoms with Crippen LogP contribution in [0.4, 0.5) is 0 Å². The number of carboxylic acid groups (broad SMARTS) is 3. The van der Waals surface area contributed by atoms with Gasteiger partial charge in [-0.3, -0.25) is 9.59 Å². The Morgan fingerprint density at radius 2 is 1.33 bits per heavy atom. The molecule has 0 saturated carbocycles. The summed E-state index contributed by atoms with van der Waals surface area (Å²) in [6.07, 6.45) is 0.965. The SMILES string of the molecule is C/C=C(\C)C(=O)O.O=C(O)CCC(=O)O. The van der Waals surface area contributed by atoms with Crippen LogP contribution in [0.2, 0.25) is 0 Å². The van der Waals surface area contributed by atoms with Crippen LogP contribution in [0.25, 0.3) is 0 Å². The number of hydrogen-bond donors (Lipinski definition) is 3. The van der Waals surface area contributed by atoms with E-state index in [-0.39, 0.29) is 12.8 Å². The summed E-state index contributed by atoms with van der Waals surface area (Å²) in [4.78, 5) is 29.1. The molecule has 0 aliphatic heterocycles. The van der Waals surface area contributed by atoms with Crippen molar-refractivity contribution in [3.8, 4) is 0 Å². The van der Waals surface area contributed by atoms with Gasteiger partial charge in [-0.15, -0.1) is 0 Å². The molecule has 0 atom stereocenters. The molecule has 0 rings (SSSR count). The van der Waals surface area contributed by atoms with Crippen molar-refractivity contribution >= 4 is 17.9 Å². The van der Waals surface area contributed by atoms with Gasteiger partial charge < -0.3 is 15.3 Å². The molecule has 0 unspecified atom stereocenters. The monoisotopic (exact) mass is 218 g/mol. The average molecular weight is 218 g/mol. The Morgan fingerprint density at radius 3 is 1.40 bits per heavy atom. The second-order valence-corrected chi connectivity index (χ2v) is 2.56. The summed E-state index contributed by atoms with van der Waals surface area (Å²) in [6, 6.07) is 0. The summed E-state index contributed by atoms with van der Waals surface area (Å²) in [5, 5.41) is 23.9. The lowest BCUT2D eigenvalue weighted by molar-refractivity contribution is -0.143. The molecule has 86 valence electrons. The van der Waals surface area contributed by atoms with Gasteiger partial charge in [0.05, 0.1) is 12.8 Å². The number of allylic oxidation sites excluding steroid dienone is 1. The molecule has 0 aromatic rings. The smallest absolute Gasteiger partial charge is 0.330 e. The highest BCUT2D eigenvalue weighted by Crippen LogP contribution is 1.87. The molecule has 3 N–H and O–H groups in total. The van der Waals surface area contributed by atoms with E-state index in [1.807, 2.05) is 0 Å². The first kappa shape index (κ1) is 15.6. The molecular formula is C9H14O6. The molecule has 0 aliphatic carbocycles. The molecule has 0 aromatic heterocycles. The van der Waals surface area contributed by atoms with Crippen molar-refractivity contribution in [2.75, 3.05) is 0 Å². The van der Waals surface area contributed by atoms with Gasteiger partial charge in [0.1, 0.15) is 0 Å². The summed E-state index contributed by atoms with van der Waals surface area (Å²) < 4.78 is 0. The van der Waals surface area contributed by atoms with Crippen LogP contribution in [0.15, 0.2) is 11.6 Å². The first-order valence-electron chi connectivity index (χ1n) is 4.11. The van der Waals surface area contributed by atoms with E-state index in [9.17, 15) is 14.4 Å². The third-order valence-corrected chi connectivity index (χ3v) is 1.32. The minimum Gasteiger partial charge on any atom is -0.481 e. The lowest BCUT2D eigenvalue weighted by atomic mass is 10.3. The summed E-state index contributed by atoms with van der Waals surface area (Å²) in [5.41, 5.74) is 0.389. The molecule has 6 heteroatoms. The highest BCUT2D eigenvalue weighted by Gasteiger charge is 2.00. The van der Waals surface area contributed by atoms with E-state index in [2.05, 4.69) is 0 Å². The Bertz CT molecular complexity index is 252. The van der Waals surface area contributed by atoms with Gasteiger partial charge in [0.15, 0.2) is 0 Å². The maximum atomic E-state index is 9.86. The Morgan fingerprint density at radius 1 is 1.00 bits per heavy atom. The predicted molar refractivity (Wildman–Crippen MR) is 51.6 cm³/mol. The molecule has 0 aromatic carbocycles. The van der Waals surface area contributed by atoms with Crippen LogP contribution in [-0.4, -0.2) is 33.2 Å². The zero-order chi connectivity index (χ0) is 12.4. The number of hydrogen-bond acceptors (Lipinski definition) is 3. The fourth-order valence-corrected chi connectivity index (χ4v) is 0.337. The molecule has 0 heterocycles. The van der Waals surface area contributed by atoms with Crippen LogP contribution in [-0.2, 0) is 14.4 Å². The summed E-state index contributed by atoms with van der Waals surface area (Å²) in [7, 11) is 0.